The van der Waals surface area contributed by atoms with E-state index in [-0.39, 0.29) is 0 Å². The molecule has 0 unspecified atom stereocenters. The monoisotopic (exact) mass is 255 g/mol. The maximum Gasteiger partial charge on any atom is 0.146 e. The number of nitrogens with zero attached hydrogens (tertiary/aromatic N) is 2. The van der Waals surface area contributed by atoms with Gasteiger partial charge in [-0.15, -0.1) is 0 Å². The molecule has 1 aromatic heterocycles. The number of nitrogens with one attached hydrogen (secondary N) is 1. The normalized spacial score (nSPS) is 10.6. The molecule has 2 rings (SSSR count). The van der Waals surface area contributed by atoms with Crippen LogP contribution in [0.2, 0.25) is 0 Å². The van der Waals surface area contributed by atoms with Gasteiger partial charge in [0.05, 0.1) is 12.8 Å². The average Bonchev–Trinajstić information content (AvgIpc) is 2.47. The van der Waals surface area contributed by atoms with Crippen molar-refractivity contribution in [2.75, 3.05) is 12.0 Å². The Labute approximate surface area is 113 Å². The smallest absolute Gasteiger partial charge is 0.146 e. The van der Waals surface area contributed by atoms with E-state index >= 15 is 0 Å². The van der Waals surface area contributed by atoms with Crippen LogP contribution in [0.1, 0.15) is 18.9 Å². The summed E-state index contributed by atoms with van der Waals surface area (Å²) in [5.41, 5.74) is 3.86. The molecule has 0 aliphatic heterocycles. The molecule has 0 amide bonds. The number of rotatable bonds is 6. The summed E-state index contributed by atoms with van der Waals surface area (Å²) in [6, 6.07) is 13.5. The molecule has 2 aromatic rings. The first-order valence-corrected chi connectivity index (χ1v) is 6.31. The molecular weight excluding hydrogens is 238 g/mol. The zero-order valence-electron chi connectivity index (χ0n) is 10.9. The number of anilines is 1. The lowest BCUT2D eigenvalue weighted by atomic mass is 10.2. The minimum Gasteiger partial charge on any atom is -0.494 e. The maximum absolute atomic E-state index is 5.57. The summed E-state index contributed by atoms with van der Waals surface area (Å²) in [5.74, 6) is 1.58. The maximum atomic E-state index is 5.57. The SMILES string of the molecule is CCCOc1cccc(/C=N/Nc2ccccn2)c1. The molecule has 19 heavy (non-hydrogen) atoms. The molecule has 0 saturated carbocycles. The van der Waals surface area contributed by atoms with Crippen LogP contribution < -0.4 is 10.2 Å². The molecule has 4 heteroatoms. The second kappa shape index (κ2) is 7.16. The molecule has 0 atom stereocenters. The molecule has 0 bridgehead atoms. The second-order valence-electron chi connectivity index (χ2n) is 4.01. The molecule has 0 aliphatic rings. The molecule has 0 aliphatic carbocycles. The lowest BCUT2D eigenvalue weighted by Crippen LogP contribution is -1.96. The van der Waals surface area contributed by atoms with Crippen molar-refractivity contribution in [1.82, 2.24) is 4.98 Å². The Balaban J connectivity index is 1.95. The number of aromatic nitrogens is 1. The largest absolute Gasteiger partial charge is 0.494 e. The topological polar surface area (TPSA) is 46.5 Å². The summed E-state index contributed by atoms with van der Waals surface area (Å²) in [7, 11) is 0. The lowest BCUT2D eigenvalue weighted by molar-refractivity contribution is 0.317. The molecule has 0 radical (unpaired) electrons. The van der Waals surface area contributed by atoms with Crippen molar-refractivity contribution in [1.29, 1.82) is 0 Å². The van der Waals surface area contributed by atoms with Crippen LogP contribution in [0.15, 0.2) is 53.8 Å². The third kappa shape index (κ3) is 4.43. The van der Waals surface area contributed by atoms with Gasteiger partial charge in [0.2, 0.25) is 0 Å². The first-order chi connectivity index (χ1) is 9.38. The first kappa shape index (κ1) is 13.1. The summed E-state index contributed by atoms with van der Waals surface area (Å²) in [6.45, 7) is 2.81. The van der Waals surface area contributed by atoms with Crippen LogP contribution in [0.3, 0.4) is 0 Å². The van der Waals surface area contributed by atoms with Crippen molar-refractivity contribution < 1.29 is 4.74 Å². The van der Waals surface area contributed by atoms with Gasteiger partial charge >= 0.3 is 0 Å². The van der Waals surface area contributed by atoms with Crippen molar-refractivity contribution >= 4 is 12.0 Å². The van der Waals surface area contributed by atoms with Gasteiger partial charge in [0, 0.05) is 6.20 Å². The van der Waals surface area contributed by atoms with Crippen molar-refractivity contribution in [3.63, 3.8) is 0 Å². The third-order valence-electron chi connectivity index (χ3n) is 2.39. The highest BCUT2D eigenvalue weighted by Gasteiger charge is 1.94. The Morgan fingerprint density at radius 2 is 2.21 bits per heavy atom. The van der Waals surface area contributed by atoms with Crippen molar-refractivity contribution in [3.05, 3.63) is 54.2 Å². The third-order valence-corrected chi connectivity index (χ3v) is 2.39. The van der Waals surface area contributed by atoms with Gasteiger partial charge < -0.3 is 4.74 Å². The van der Waals surface area contributed by atoms with Crippen molar-refractivity contribution in [3.8, 4) is 5.75 Å². The molecular formula is C15H17N3O. The van der Waals surface area contributed by atoms with Crippen LogP contribution in [0.4, 0.5) is 5.82 Å². The Bertz CT molecular complexity index is 526. The van der Waals surface area contributed by atoms with E-state index < -0.39 is 0 Å². The summed E-state index contributed by atoms with van der Waals surface area (Å²) >= 11 is 0. The highest BCUT2D eigenvalue weighted by Crippen LogP contribution is 2.12. The predicted molar refractivity (Wildman–Crippen MR) is 77.7 cm³/mol. The van der Waals surface area contributed by atoms with Gasteiger partial charge in [0.15, 0.2) is 0 Å². The zero-order valence-corrected chi connectivity index (χ0v) is 10.9. The van der Waals surface area contributed by atoms with E-state index in [0.717, 1.165) is 30.2 Å². The van der Waals surface area contributed by atoms with E-state index in [0.29, 0.717) is 0 Å². The molecule has 1 heterocycles. The first-order valence-electron chi connectivity index (χ1n) is 6.31. The van der Waals surface area contributed by atoms with Crippen LogP contribution in [0, 0.1) is 0 Å². The molecule has 4 nitrogen and oxygen atoms in total. The number of hydrogen-bond acceptors (Lipinski definition) is 4. The molecule has 0 fully saturated rings. The van der Waals surface area contributed by atoms with Gasteiger partial charge in [-0.1, -0.05) is 25.1 Å². The van der Waals surface area contributed by atoms with Crippen LogP contribution in [-0.4, -0.2) is 17.8 Å². The van der Waals surface area contributed by atoms with Crippen molar-refractivity contribution in [2.45, 2.75) is 13.3 Å². The van der Waals surface area contributed by atoms with E-state index in [1.54, 1.807) is 12.4 Å². The predicted octanol–water partition coefficient (Wildman–Crippen LogP) is 3.32. The second-order valence-corrected chi connectivity index (χ2v) is 4.01. The van der Waals surface area contributed by atoms with Crippen LogP contribution >= 0.6 is 0 Å². The molecule has 98 valence electrons. The van der Waals surface area contributed by atoms with Gasteiger partial charge in [0.25, 0.3) is 0 Å². The Hall–Kier alpha value is -2.36. The fourth-order valence-electron chi connectivity index (χ4n) is 1.51. The molecule has 1 N–H and O–H groups in total. The van der Waals surface area contributed by atoms with E-state index in [2.05, 4.69) is 22.4 Å². The van der Waals surface area contributed by atoms with Gasteiger partial charge in [-0.25, -0.2) is 4.98 Å². The lowest BCUT2D eigenvalue weighted by Gasteiger charge is -2.04. The van der Waals surface area contributed by atoms with Gasteiger partial charge in [-0.05, 0) is 36.2 Å². The number of benzene rings is 1. The Morgan fingerprint density at radius 3 is 3.00 bits per heavy atom. The molecule has 0 saturated heterocycles. The van der Waals surface area contributed by atoms with Gasteiger partial charge in [-0.3, -0.25) is 5.43 Å². The zero-order chi connectivity index (χ0) is 13.3. The fraction of sp³-hybridized carbons (Fsp3) is 0.200. The minimum absolute atomic E-state index is 0.720. The van der Waals surface area contributed by atoms with Gasteiger partial charge in [-0.2, -0.15) is 5.10 Å². The number of hydrogen-bond donors (Lipinski definition) is 1. The van der Waals surface area contributed by atoms with E-state index in [9.17, 15) is 0 Å². The van der Waals surface area contributed by atoms with Crippen LogP contribution in [-0.2, 0) is 0 Å². The van der Waals surface area contributed by atoms with Crippen LogP contribution in [0.25, 0.3) is 0 Å². The summed E-state index contributed by atoms with van der Waals surface area (Å²) in [6.07, 6.45) is 4.46. The van der Waals surface area contributed by atoms with Crippen molar-refractivity contribution in [2.24, 2.45) is 5.10 Å². The molecule has 1 aromatic carbocycles. The highest BCUT2D eigenvalue weighted by molar-refractivity contribution is 5.80. The Morgan fingerprint density at radius 1 is 1.26 bits per heavy atom. The van der Waals surface area contributed by atoms with E-state index in [4.69, 9.17) is 4.74 Å². The summed E-state index contributed by atoms with van der Waals surface area (Å²) < 4.78 is 5.57. The summed E-state index contributed by atoms with van der Waals surface area (Å²) in [5, 5.41) is 4.14. The fourth-order valence-corrected chi connectivity index (χ4v) is 1.51. The Kier molecular flexibility index (Phi) is 4.93. The van der Waals surface area contributed by atoms with Crippen LogP contribution in [0.5, 0.6) is 5.75 Å². The standard InChI is InChI=1S/C15H17N3O/c1-2-10-19-14-7-5-6-13(11-14)12-17-18-15-8-3-4-9-16-15/h3-9,11-12H,2,10H2,1H3,(H,16,18)/b17-12+. The number of pyridine rings is 1. The average molecular weight is 255 g/mol. The molecule has 0 spiro atoms. The number of hydrazone groups is 1. The quantitative estimate of drug-likeness (QED) is 0.636. The highest BCUT2D eigenvalue weighted by atomic mass is 16.5. The van der Waals surface area contributed by atoms with E-state index in [1.807, 2.05) is 42.5 Å². The number of ether oxygens (including phenoxy) is 1. The minimum atomic E-state index is 0.720. The summed E-state index contributed by atoms with van der Waals surface area (Å²) in [4.78, 5) is 4.12. The van der Waals surface area contributed by atoms with E-state index in [1.165, 1.54) is 0 Å². The van der Waals surface area contributed by atoms with Gasteiger partial charge in [0.1, 0.15) is 11.6 Å².